The third-order valence-electron chi connectivity index (χ3n) is 4.08. The first-order valence-electron chi connectivity index (χ1n) is 6.41. The molecule has 0 aromatic heterocycles. The summed E-state index contributed by atoms with van der Waals surface area (Å²) in [6, 6.07) is 0.440. The lowest BCUT2D eigenvalue weighted by Crippen LogP contribution is -2.53. The van der Waals surface area contributed by atoms with Gasteiger partial charge in [0.15, 0.2) is 0 Å². The summed E-state index contributed by atoms with van der Waals surface area (Å²) in [4.78, 5) is 0. The molecule has 1 saturated carbocycles. The van der Waals surface area contributed by atoms with E-state index in [1.54, 1.807) is 7.11 Å². The van der Waals surface area contributed by atoms with Crippen LogP contribution in [0.2, 0.25) is 0 Å². The second-order valence-corrected chi connectivity index (χ2v) is 5.00. The van der Waals surface area contributed by atoms with E-state index in [0.717, 1.165) is 13.0 Å². The summed E-state index contributed by atoms with van der Waals surface area (Å²) in [5.74, 6) is 0.586. The molecule has 0 heterocycles. The van der Waals surface area contributed by atoms with Crippen LogP contribution >= 0.6 is 0 Å². The van der Waals surface area contributed by atoms with Crippen LogP contribution < -0.4 is 5.32 Å². The van der Waals surface area contributed by atoms with E-state index in [2.05, 4.69) is 12.2 Å². The summed E-state index contributed by atoms with van der Waals surface area (Å²) >= 11 is 0. The quantitative estimate of drug-likeness (QED) is 0.726. The zero-order valence-electron chi connectivity index (χ0n) is 11.2. The maximum atomic E-state index is 5.85. The highest BCUT2D eigenvalue weighted by molar-refractivity contribution is 4.98. The lowest BCUT2D eigenvalue weighted by molar-refractivity contribution is -0.0506. The summed E-state index contributed by atoms with van der Waals surface area (Å²) in [5, 5.41) is 3.46. The van der Waals surface area contributed by atoms with Crippen molar-refractivity contribution in [2.24, 2.45) is 5.92 Å². The van der Waals surface area contributed by atoms with Gasteiger partial charge >= 0.3 is 0 Å². The minimum Gasteiger partial charge on any atom is -0.385 e. The van der Waals surface area contributed by atoms with Gasteiger partial charge in [-0.05, 0) is 32.2 Å². The molecule has 3 nitrogen and oxygen atoms in total. The number of methoxy groups -OCH3 is 2. The van der Waals surface area contributed by atoms with E-state index in [1.165, 1.54) is 25.7 Å². The van der Waals surface area contributed by atoms with Crippen LogP contribution in [0.1, 0.15) is 39.0 Å². The number of likely N-dealkylation sites (N-methyl/N-ethyl adjacent to an activating group) is 1. The maximum Gasteiger partial charge on any atom is 0.0833 e. The van der Waals surface area contributed by atoms with Gasteiger partial charge in [-0.2, -0.15) is 0 Å². The van der Waals surface area contributed by atoms with Crippen molar-refractivity contribution in [3.63, 3.8) is 0 Å². The van der Waals surface area contributed by atoms with E-state index < -0.39 is 0 Å². The van der Waals surface area contributed by atoms with Gasteiger partial charge in [0.25, 0.3) is 0 Å². The summed E-state index contributed by atoms with van der Waals surface area (Å²) in [5.41, 5.74) is 0.0574. The summed E-state index contributed by atoms with van der Waals surface area (Å²) in [6.45, 7) is 3.12. The minimum absolute atomic E-state index is 0.0574. The number of hydrogen-bond donors (Lipinski definition) is 1. The first-order chi connectivity index (χ1) is 7.70. The van der Waals surface area contributed by atoms with Gasteiger partial charge in [-0.25, -0.2) is 0 Å². The third-order valence-corrected chi connectivity index (χ3v) is 4.08. The Hall–Kier alpha value is -0.120. The molecule has 16 heavy (non-hydrogen) atoms. The van der Waals surface area contributed by atoms with Crippen LogP contribution in [0, 0.1) is 5.92 Å². The van der Waals surface area contributed by atoms with Gasteiger partial charge in [0.1, 0.15) is 0 Å². The fourth-order valence-electron chi connectivity index (χ4n) is 3.15. The third kappa shape index (κ3) is 2.96. The van der Waals surface area contributed by atoms with Crippen LogP contribution in [0.25, 0.3) is 0 Å². The lowest BCUT2D eigenvalue weighted by atomic mass is 9.82. The van der Waals surface area contributed by atoms with Crippen molar-refractivity contribution >= 4 is 0 Å². The van der Waals surface area contributed by atoms with Crippen molar-refractivity contribution < 1.29 is 9.47 Å². The molecule has 1 rings (SSSR count). The van der Waals surface area contributed by atoms with E-state index in [9.17, 15) is 0 Å². The lowest BCUT2D eigenvalue weighted by Gasteiger charge is -2.40. The van der Waals surface area contributed by atoms with Gasteiger partial charge in [-0.1, -0.05) is 19.8 Å². The molecule has 0 spiro atoms. The van der Waals surface area contributed by atoms with E-state index in [0.29, 0.717) is 12.0 Å². The Morgan fingerprint density at radius 2 is 1.88 bits per heavy atom. The Morgan fingerprint density at radius 1 is 1.25 bits per heavy atom. The largest absolute Gasteiger partial charge is 0.385 e. The minimum atomic E-state index is 0.0574. The standard InChI is InChI=1S/C13H27NO2/c1-11(7-10-15-3)12(14-2)13(16-4)8-5-6-9-13/h11-12,14H,5-10H2,1-4H3. The van der Waals surface area contributed by atoms with Crippen LogP contribution in [-0.4, -0.2) is 39.5 Å². The van der Waals surface area contributed by atoms with E-state index >= 15 is 0 Å². The monoisotopic (exact) mass is 229 g/mol. The molecule has 1 N–H and O–H groups in total. The normalized spacial score (nSPS) is 23.2. The molecule has 1 aliphatic carbocycles. The van der Waals surface area contributed by atoms with E-state index in [1.807, 2.05) is 14.2 Å². The molecule has 96 valence electrons. The first-order valence-corrected chi connectivity index (χ1v) is 6.41. The van der Waals surface area contributed by atoms with Crippen molar-refractivity contribution in [2.75, 3.05) is 27.9 Å². The van der Waals surface area contributed by atoms with Crippen LogP contribution in [0.3, 0.4) is 0 Å². The zero-order valence-corrected chi connectivity index (χ0v) is 11.2. The molecular weight excluding hydrogens is 202 g/mol. The molecule has 3 heteroatoms. The number of hydrogen-bond acceptors (Lipinski definition) is 3. The average molecular weight is 229 g/mol. The second-order valence-electron chi connectivity index (χ2n) is 5.00. The van der Waals surface area contributed by atoms with Crippen molar-refractivity contribution in [3.05, 3.63) is 0 Å². The summed E-state index contributed by atoms with van der Waals surface area (Å²) < 4.78 is 11.0. The molecule has 1 fully saturated rings. The van der Waals surface area contributed by atoms with Gasteiger partial charge in [-0.3, -0.25) is 0 Å². The molecule has 0 aromatic rings. The highest BCUT2D eigenvalue weighted by Gasteiger charge is 2.42. The summed E-state index contributed by atoms with van der Waals surface area (Å²) in [7, 11) is 5.68. The fourth-order valence-corrected chi connectivity index (χ4v) is 3.15. The zero-order chi connectivity index (χ0) is 12.0. The Morgan fingerprint density at radius 3 is 2.31 bits per heavy atom. The van der Waals surface area contributed by atoms with Gasteiger partial charge in [0.05, 0.1) is 5.60 Å². The molecule has 2 atom stereocenters. The molecule has 0 amide bonds. The number of rotatable bonds is 7. The van der Waals surface area contributed by atoms with Crippen LogP contribution in [0.4, 0.5) is 0 Å². The topological polar surface area (TPSA) is 30.5 Å². The van der Waals surface area contributed by atoms with Crippen molar-refractivity contribution in [2.45, 2.75) is 50.7 Å². The predicted octanol–water partition coefficient (Wildman–Crippen LogP) is 2.21. The van der Waals surface area contributed by atoms with Gasteiger partial charge in [0.2, 0.25) is 0 Å². The Bertz CT molecular complexity index is 190. The van der Waals surface area contributed by atoms with Crippen molar-refractivity contribution in [1.29, 1.82) is 0 Å². The van der Waals surface area contributed by atoms with Crippen LogP contribution in [0.5, 0.6) is 0 Å². The highest BCUT2D eigenvalue weighted by atomic mass is 16.5. The van der Waals surface area contributed by atoms with Crippen LogP contribution in [-0.2, 0) is 9.47 Å². The van der Waals surface area contributed by atoms with Gasteiger partial charge in [-0.15, -0.1) is 0 Å². The molecule has 2 unspecified atom stereocenters. The SMILES string of the molecule is CNC(C(C)CCOC)C1(OC)CCCC1. The van der Waals surface area contributed by atoms with E-state index in [-0.39, 0.29) is 5.60 Å². The smallest absolute Gasteiger partial charge is 0.0833 e. The van der Waals surface area contributed by atoms with Crippen LogP contribution in [0.15, 0.2) is 0 Å². The number of ether oxygens (including phenoxy) is 2. The average Bonchev–Trinajstić information content (AvgIpc) is 2.77. The van der Waals surface area contributed by atoms with Crippen molar-refractivity contribution in [3.8, 4) is 0 Å². The maximum absolute atomic E-state index is 5.85. The molecule has 0 aromatic carbocycles. The fraction of sp³-hybridized carbons (Fsp3) is 1.00. The first kappa shape index (κ1) is 13.9. The molecule has 0 bridgehead atoms. The second kappa shape index (κ2) is 6.58. The van der Waals surface area contributed by atoms with Crippen molar-refractivity contribution in [1.82, 2.24) is 5.32 Å². The Labute approximate surface area is 99.9 Å². The van der Waals surface area contributed by atoms with Gasteiger partial charge in [0, 0.05) is 26.9 Å². The Balaban J connectivity index is 2.63. The molecule has 0 radical (unpaired) electrons. The Kier molecular flexibility index (Phi) is 5.73. The summed E-state index contributed by atoms with van der Waals surface area (Å²) in [6.07, 6.45) is 6.05. The molecule has 0 aliphatic heterocycles. The molecule has 1 aliphatic rings. The molecular formula is C13H27NO2. The highest BCUT2D eigenvalue weighted by Crippen LogP contribution is 2.38. The van der Waals surface area contributed by atoms with Gasteiger partial charge < -0.3 is 14.8 Å². The molecule has 0 saturated heterocycles. The predicted molar refractivity (Wildman–Crippen MR) is 66.7 cm³/mol. The van der Waals surface area contributed by atoms with E-state index in [4.69, 9.17) is 9.47 Å². The number of nitrogens with one attached hydrogen (secondary N) is 1.